The summed E-state index contributed by atoms with van der Waals surface area (Å²) >= 11 is 11.8. The number of nitrogens with zero attached hydrogens (tertiary/aromatic N) is 2. The first-order valence-electron chi connectivity index (χ1n) is 9.51. The van der Waals surface area contributed by atoms with Crippen LogP contribution in [0, 0.1) is 0 Å². The van der Waals surface area contributed by atoms with Crippen LogP contribution in [0.1, 0.15) is 21.5 Å². The summed E-state index contributed by atoms with van der Waals surface area (Å²) in [6, 6.07) is 9.16. The monoisotopic (exact) mass is 473 g/mol. The van der Waals surface area contributed by atoms with Gasteiger partial charge in [0, 0.05) is 36.2 Å². The van der Waals surface area contributed by atoms with E-state index in [9.17, 15) is 22.8 Å². The average molecular weight is 474 g/mol. The van der Waals surface area contributed by atoms with Crippen LogP contribution in [-0.4, -0.2) is 53.8 Å². The number of carbonyl (C=O) groups is 2. The highest BCUT2D eigenvalue weighted by Gasteiger charge is 2.37. The Morgan fingerprint density at radius 1 is 0.968 bits per heavy atom. The Hall–Kier alpha value is -2.29. The van der Waals surface area contributed by atoms with E-state index in [4.69, 9.17) is 28.9 Å². The van der Waals surface area contributed by atoms with Crippen LogP contribution >= 0.6 is 23.2 Å². The lowest BCUT2D eigenvalue weighted by Crippen LogP contribution is -2.54. The molecule has 2 aromatic rings. The van der Waals surface area contributed by atoms with Crippen molar-refractivity contribution in [3.8, 4) is 0 Å². The van der Waals surface area contributed by atoms with Crippen molar-refractivity contribution in [3.05, 3.63) is 69.2 Å². The molecule has 5 nitrogen and oxygen atoms in total. The van der Waals surface area contributed by atoms with Crippen LogP contribution in [0.2, 0.25) is 10.0 Å². The molecule has 2 N–H and O–H groups in total. The van der Waals surface area contributed by atoms with Crippen LogP contribution in [0.15, 0.2) is 42.5 Å². The Bertz CT molecular complexity index is 977. The largest absolute Gasteiger partial charge is 0.417 e. The molecule has 10 heteroatoms. The van der Waals surface area contributed by atoms with Gasteiger partial charge in [0.05, 0.1) is 17.2 Å². The van der Waals surface area contributed by atoms with E-state index < -0.39 is 29.3 Å². The van der Waals surface area contributed by atoms with Crippen LogP contribution in [0.25, 0.3) is 0 Å². The number of rotatable bonds is 4. The predicted octanol–water partition coefficient (Wildman–Crippen LogP) is 3.87. The second kappa shape index (κ2) is 9.46. The summed E-state index contributed by atoms with van der Waals surface area (Å²) in [6.07, 6.45) is -4.38. The average Bonchev–Trinajstić information content (AvgIpc) is 2.72. The van der Waals surface area contributed by atoms with Gasteiger partial charge in [-0.05, 0) is 42.3 Å². The highest BCUT2D eigenvalue weighted by molar-refractivity contribution is 6.31. The summed E-state index contributed by atoms with van der Waals surface area (Å²) in [4.78, 5) is 28.2. The van der Waals surface area contributed by atoms with E-state index in [0.29, 0.717) is 11.4 Å². The van der Waals surface area contributed by atoms with E-state index >= 15 is 0 Å². The van der Waals surface area contributed by atoms with Crippen molar-refractivity contribution in [2.45, 2.75) is 18.6 Å². The van der Waals surface area contributed by atoms with Gasteiger partial charge in [0.2, 0.25) is 5.91 Å². The van der Waals surface area contributed by atoms with Crippen LogP contribution in [0.5, 0.6) is 0 Å². The molecule has 1 atom stereocenters. The maximum absolute atomic E-state index is 13.3. The minimum absolute atomic E-state index is 0.0390. The zero-order chi connectivity index (χ0) is 22.8. The van der Waals surface area contributed by atoms with Crippen LogP contribution in [-0.2, 0) is 17.4 Å². The van der Waals surface area contributed by atoms with Crippen molar-refractivity contribution in [2.75, 3.05) is 26.2 Å². The number of alkyl halides is 3. The van der Waals surface area contributed by atoms with Crippen LogP contribution < -0.4 is 5.73 Å². The summed E-state index contributed by atoms with van der Waals surface area (Å²) in [7, 11) is 0. The first-order valence-corrected chi connectivity index (χ1v) is 10.3. The third kappa shape index (κ3) is 5.70. The number of hydrogen-bond donors (Lipinski definition) is 1. The molecule has 0 aromatic heterocycles. The van der Waals surface area contributed by atoms with Crippen molar-refractivity contribution in [1.82, 2.24) is 9.80 Å². The highest BCUT2D eigenvalue weighted by Crippen LogP contribution is 2.34. The third-order valence-electron chi connectivity index (χ3n) is 5.06. The SMILES string of the molecule is NC(Cc1cccc(Cl)c1)C(=O)N1CCN(C(=O)c2cc(Cl)ccc2C(F)(F)F)CC1. The van der Waals surface area contributed by atoms with E-state index in [0.717, 1.165) is 23.8 Å². The van der Waals surface area contributed by atoms with Crippen molar-refractivity contribution in [1.29, 1.82) is 0 Å². The van der Waals surface area contributed by atoms with Gasteiger partial charge >= 0.3 is 6.18 Å². The summed E-state index contributed by atoms with van der Waals surface area (Å²) < 4.78 is 39.8. The van der Waals surface area contributed by atoms with Crippen molar-refractivity contribution in [3.63, 3.8) is 0 Å². The number of carbonyl (C=O) groups excluding carboxylic acids is 2. The highest BCUT2D eigenvalue weighted by atomic mass is 35.5. The van der Waals surface area contributed by atoms with Gasteiger partial charge in [0.15, 0.2) is 0 Å². The second-order valence-corrected chi connectivity index (χ2v) is 8.12. The zero-order valence-electron chi connectivity index (χ0n) is 16.3. The molecule has 0 spiro atoms. The molecule has 1 heterocycles. The number of halogens is 5. The van der Waals surface area contributed by atoms with Crippen LogP contribution in [0.4, 0.5) is 13.2 Å². The molecule has 3 rings (SSSR count). The van der Waals surface area contributed by atoms with E-state index in [-0.39, 0.29) is 37.1 Å². The Balaban J connectivity index is 1.63. The molecule has 1 aliphatic rings. The second-order valence-electron chi connectivity index (χ2n) is 7.25. The first-order chi connectivity index (χ1) is 14.6. The molecule has 1 aliphatic heterocycles. The fourth-order valence-corrected chi connectivity index (χ4v) is 3.87. The molecule has 2 amide bonds. The normalized spacial score (nSPS) is 15.7. The van der Waals surface area contributed by atoms with E-state index in [1.807, 2.05) is 6.07 Å². The van der Waals surface area contributed by atoms with Gasteiger partial charge < -0.3 is 15.5 Å². The van der Waals surface area contributed by atoms with Gasteiger partial charge in [-0.3, -0.25) is 9.59 Å². The van der Waals surface area contributed by atoms with E-state index in [1.54, 1.807) is 18.2 Å². The Labute approximate surface area is 187 Å². The molecular weight excluding hydrogens is 454 g/mol. The summed E-state index contributed by atoms with van der Waals surface area (Å²) in [6.45, 7) is 0.544. The smallest absolute Gasteiger partial charge is 0.338 e. The first kappa shape index (κ1) is 23.4. The fraction of sp³-hybridized carbons (Fsp3) is 0.333. The lowest BCUT2D eigenvalue weighted by molar-refractivity contribution is -0.138. The molecule has 166 valence electrons. The predicted molar refractivity (Wildman–Crippen MR) is 112 cm³/mol. The number of benzene rings is 2. The molecule has 0 aliphatic carbocycles. The topological polar surface area (TPSA) is 66.6 Å². The lowest BCUT2D eigenvalue weighted by atomic mass is 10.0. The molecule has 2 aromatic carbocycles. The molecule has 0 bridgehead atoms. The van der Waals surface area contributed by atoms with Crippen LogP contribution in [0.3, 0.4) is 0 Å². The maximum Gasteiger partial charge on any atom is 0.417 e. The zero-order valence-corrected chi connectivity index (χ0v) is 17.8. The Morgan fingerprint density at radius 3 is 2.19 bits per heavy atom. The van der Waals surface area contributed by atoms with Gasteiger partial charge in [-0.15, -0.1) is 0 Å². The summed E-state index contributed by atoms with van der Waals surface area (Å²) in [5, 5.41) is 0.584. The molecular formula is C21H20Cl2F3N3O2. The molecule has 1 unspecified atom stereocenters. The number of nitrogens with two attached hydrogens (primary N) is 1. The number of piperazine rings is 1. The van der Waals surface area contributed by atoms with Crippen molar-refractivity contribution >= 4 is 35.0 Å². The molecule has 1 fully saturated rings. The molecule has 0 saturated carbocycles. The minimum Gasteiger partial charge on any atom is -0.338 e. The Morgan fingerprint density at radius 2 is 1.58 bits per heavy atom. The molecule has 1 saturated heterocycles. The maximum atomic E-state index is 13.3. The Kier molecular flexibility index (Phi) is 7.13. The standard InChI is InChI=1S/C21H20Cl2F3N3O2/c22-14-3-1-2-13(10-14)11-18(27)20(31)29-8-6-28(7-9-29)19(30)16-12-15(23)4-5-17(16)21(24,25)26/h1-5,10,12,18H,6-9,11,27H2. The summed E-state index contributed by atoms with van der Waals surface area (Å²) in [5.74, 6) is -1.06. The quantitative estimate of drug-likeness (QED) is 0.732. The van der Waals surface area contributed by atoms with Gasteiger partial charge in [-0.1, -0.05) is 35.3 Å². The number of amides is 2. The van der Waals surface area contributed by atoms with Gasteiger partial charge in [0.25, 0.3) is 5.91 Å². The molecule has 31 heavy (non-hydrogen) atoms. The van der Waals surface area contributed by atoms with Gasteiger partial charge in [-0.25, -0.2) is 0 Å². The number of hydrogen-bond acceptors (Lipinski definition) is 3. The van der Waals surface area contributed by atoms with Gasteiger partial charge in [-0.2, -0.15) is 13.2 Å². The minimum atomic E-state index is -4.68. The molecule has 0 radical (unpaired) electrons. The van der Waals surface area contributed by atoms with Crippen molar-refractivity contribution < 1.29 is 22.8 Å². The van der Waals surface area contributed by atoms with E-state index in [2.05, 4.69) is 0 Å². The third-order valence-corrected chi connectivity index (χ3v) is 5.53. The van der Waals surface area contributed by atoms with Crippen molar-refractivity contribution in [2.24, 2.45) is 5.73 Å². The van der Waals surface area contributed by atoms with E-state index in [1.165, 1.54) is 9.80 Å². The van der Waals surface area contributed by atoms with Gasteiger partial charge in [0.1, 0.15) is 0 Å². The summed E-state index contributed by atoms with van der Waals surface area (Å²) in [5.41, 5.74) is 5.33. The lowest BCUT2D eigenvalue weighted by Gasteiger charge is -2.36. The fourth-order valence-electron chi connectivity index (χ4n) is 3.48.